The third-order valence-corrected chi connectivity index (χ3v) is 6.56. The number of thiophene rings is 2. The van der Waals surface area contributed by atoms with Crippen LogP contribution in [-0.4, -0.2) is 22.6 Å². The summed E-state index contributed by atoms with van der Waals surface area (Å²) in [7, 11) is 1.33. The first-order chi connectivity index (χ1) is 13.5. The molecule has 1 atom stereocenters. The molecule has 28 heavy (non-hydrogen) atoms. The number of esters is 1. The Balaban J connectivity index is 2.05. The van der Waals surface area contributed by atoms with Crippen LogP contribution < -0.4 is 5.56 Å². The van der Waals surface area contributed by atoms with Crippen molar-refractivity contribution in [3.63, 3.8) is 0 Å². The van der Waals surface area contributed by atoms with Crippen molar-refractivity contribution in [2.45, 2.75) is 19.9 Å². The predicted molar refractivity (Wildman–Crippen MR) is 113 cm³/mol. The number of aryl methyl sites for hydroxylation is 2. The fraction of sp³-hybridized carbons (Fsp3) is 0.190. The Hall–Kier alpha value is -2.77. The van der Waals surface area contributed by atoms with Crippen LogP contribution >= 0.6 is 22.7 Å². The maximum absolute atomic E-state index is 13.6. The summed E-state index contributed by atoms with van der Waals surface area (Å²) >= 11 is 3.08. The van der Waals surface area contributed by atoms with E-state index in [9.17, 15) is 9.59 Å². The first kappa shape index (κ1) is 18.6. The van der Waals surface area contributed by atoms with Crippen molar-refractivity contribution in [2.24, 2.45) is 0 Å². The van der Waals surface area contributed by atoms with Crippen molar-refractivity contribution in [3.8, 4) is 10.4 Å². The van der Waals surface area contributed by atoms with Crippen molar-refractivity contribution in [1.29, 1.82) is 0 Å². The quantitative estimate of drug-likeness (QED) is 0.463. The number of benzene rings is 1. The molecule has 0 aliphatic carbocycles. The van der Waals surface area contributed by atoms with E-state index in [4.69, 9.17) is 4.74 Å². The SMILES string of the molecule is COC(=O)C(c1ccccc1)n1c(C)nc2sc(C)c(-c3cccs3)c2c1=O. The molecule has 0 amide bonds. The van der Waals surface area contributed by atoms with E-state index in [0.717, 1.165) is 15.3 Å². The van der Waals surface area contributed by atoms with Gasteiger partial charge in [0.1, 0.15) is 10.7 Å². The summed E-state index contributed by atoms with van der Waals surface area (Å²) in [5.74, 6) is -0.0158. The van der Waals surface area contributed by atoms with E-state index in [2.05, 4.69) is 4.98 Å². The molecule has 0 saturated carbocycles. The summed E-state index contributed by atoms with van der Waals surface area (Å²) < 4.78 is 6.48. The molecule has 3 aromatic heterocycles. The van der Waals surface area contributed by atoms with Gasteiger partial charge in [0.25, 0.3) is 5.56 Å². The number of carbonyl (C=O) groups excluding carboxylic acids is 1. The third kappa shape index (κ3) is 2.96. The van der Waals surface area contributed by atoms with Crippen molar-refractivity contribution < 1.29 is 9.53 Å². The summed E-state index contributed by atoms with van der Waals surface area (Å²) in [5.41, 5.74) is 1.36. The Morgan fingerprint density at radius 3 is 2.54 bits per heavy atom. The lowest BCUT2D eigenvalue weighted by atomic mass is 10.1. The molecular formula is C21H18N2O3S2. The minimum atomic E-state index is -0.882. The monoisotopic (exact) mass is 410 g/mol. The molecule has 4 aromatic rings. The van der Waals surface area contributed by atoms with E-state index in [-0.39, 0.29) is 5.56 Å². The van der Waals surface area contributed by atoms with Crippen molar-refractivity contribution >= 4 is 38.9 Å². The highest BCUT2D eigenvalue weighted by atomic mass is 32.1. The maximum atomic E-state index is 13.6. The number of hydrogen-bond acceptors (Lipinski definition) is 6. The molecule has 0 spiro atoms. The summed E-state index contributed by atoms with van der Waals surface area (Å²) in [5, 5.41) is 2.54. The van der Waals surface area contributed by atoms with Gasteiger partial charge in [-0.1, -0.05) is 36.4 Å². The van der Waals surface area contributed by atoms with Crippen molar-refractivity contribution in [1.82, 2.24) is 9.55 Å². The lowest BCUT2D eigenvalue weighted by molar-refractivity contribution is -0.143. The van der Waals surface area contributed by atoms with Crippen LogP contribution in [0.25, 0.3) is 20.7 Å². The minimum absolute atomic E-state index is 0.227. The number of carbonyl (C=O) groups is 1. The van der Waals surface area contributed by atoms with Gasteiger partial charge in [-0.05, 0) is 30.9 Å². The fourth-order valence-corrected chi connectivity index (χ4v) is 5.41. The van der Waals surface area contributed by atoms with Crippen LogP contribution in [0.3, 0.4) is 0 Å². The zero-order valence-corrected chi connectivity index (χ0v) is 17.3. The second-order valence-electron chi connectivity index (χ2n) is 6.36. The van der Waals surface area contributed by atoms with Crippen LogP contribution in [0.2, 0.25) is 0 Å². The highest BCUT2D eigenvalue weighted by Crippen LogP contribution is 2.38. The normalized spacial score (nSPS) is 12.2. The van der Waals surface area contributed by atoms with E-state index in [1.165, 1.54) is 23.0 Å². The highest BCUT2D eigenvalue weighted by molar-refractivity contribution is 7.20. The molecule has 4 rings (SSSR count). The number of hydrogen-bond donors (Lipinski definition) is 0. The Morgan fingerprint density at radius 2 is 1.89 bits per heavy atom. The number of nitrogens with zero attached hydrogens (tertiary/aromatic N) is 2. The molecule has 1 aromatic carbocycles. The molecule has 0 fully saturated rings. The van der Waals surface area contributed by atoms with Crippen molar-refractivity contribution in [3.05, 3.63) is 74.5 Å². The van der Waals surface area contributed by atoms with Crippen LogP contribution in [0, 0.1) is 13.8 Å². The van der Waals surface area contributed by atoms with Gasteiger partial charge in [0.05, 0.1) is 12.5 Å². The van der Waals surface area contributed by atoms with Gasteiger partial charge in [0, 0.05) is 15.3 Å². The van der Waals surface area contributed by atoms with Crippen molar-refractivity contribution in [2.75, 3.05) is 7.11 Å². The van der Waals surface area contributed by atoms with Crippen LogP contribution in [0.5, 0.6) is 0 Å². The Labute approximate surface area is 169 Å². The predicted octanol–water partition coefficient (Wildman–Crippen LogP) is 4.57. The van der Waals surface area contributed by atoms with Gasteiger partial charge in [-0.2, -0.15) is 0 Å². The van der Waals surface area contributed by atoms with E-state index >= 15 is 0 Å². The molecule has 1 unspecified atom stereocenters. The smallest absolute Gasteiger partial charge is 0.333 e. The van der Waals surface area contributed by atoms with Crippen LogP contribution in [0.15, 0.2) is 52.6 Å². The first-order valence-corrected chi connectivity index (χ1v) is 10.4. The van der Waals surface area contributed by atoms with Gasteiger partial charge in [0.2, 0.25) is 0 Å². The van der Waals surface area contributed by atoms with E-state index in [1.54, 1.807) is 18.3 Å². The number of fused-ring (bicyclic) bond motifs is 1. The van der Waals surface area contributed by atoms with Gasteiger partial charge < -0.3 is 4.74 Å². The number of ether oxygens (including phenoxy) is 1. The molecule has 0 saturated heterocycles. The number of rotatable bonds is 4. The molecule has 142 valence electrons. The van der Waals surface area contributed by atoms with Crippen LogP contribution in [0.1, 0.15) is 22.3 Å². The standard InChI is InChI=1S/C21H18N2O3S2/c1-12-16(15-10-7-11-27-15)17-19(28-12)22-13(2)23(20(17)24)18(21(25)26-3)14-8-5-4-6-9-14/h4-11,18H,1-3H3. The molecule has 0 radical (unpaired) electrons. The number of aromatic nitrogens is 2. The first-order valence-electron chi connectivity index (χ1n) is 8.71. The molecule has 5 nitrogen and oxygen atoms in total. The number of methoxy groups -OCH3 is 1. The Morgan fingerprint density at radius 1 is 1.14 bits per heavy atom. The molecule has 0 aliphatic heterocycles. The van der Waals surface area contributed by atoms with E-state index in [1.807, 2.05) is 54.8 Å². The Kier molecular flexibility index (Phi) is 4.87. The zero-order chi connectivity index (χ0) is 19.8. The van der Waals surface area contributed by atoms with E-state index in [0.29, 0.717) is 21.6 Å². The average Bonchev–Trinajstić information content (AvgIpc) is 3.32. The average molecular weight is 411 g/mol. The van der Waals surface area contributed by atoms with Crippen LogP contribution in [-0.2, 0) is 9.53 Å². The maximum Gasteiger partial charge on any atom is 0.333 e. The summed E-state index contributed by atoms with van der Waals surface area (Å²) in [4.78, 5) is 33.7. The van der Waals surface area contributed by atoms with Crippen LogP contribution in [0.4, 0.5) is 0 Å². The lowest BCUT2D eigenvalue weighted by Gasteiger charge is -2.20. The van der Waals surface area contributed by atoms with Gasteiger partial charge in [0.15, 0.2) is 6.04 Å². The summed E-state index contributed by atoms with van der Waals surface area (Å²) in [6.07, 6.45) is 0. The lowest BCUT2D eigenvalue weighted by Crippen LogP contribution is -2.33. The topological polar surface area (TPSA) is 61.2 Å². The molecule has 0 bridgehead atoms. The fourth-order valence-electron chi connectivity index (χ4n) is 3.43. The summed E-state index contributed by atoms with van der Waals surface area (Å²) in [6, 6.07) is 12.3. The van der Waals surface area contributed by atoms with Gasteiger partial charge in [-0.3, -0.25) is 9.36 Å². The second-order valence-corrected chi connectivity index (χ2v) is 8.51. The molecule has 3 heterocycles. The third-order valence-electron chi connectivity index (χ3n) is 4.68. The Bertz CT molecular complexity index is 1210. The molecular weight excluding hydrogens is 392 g/mol. The largest absolute Gasteiger partial charge is 0.467 e. The van der Waals surface area contributed by atoms with Gasteiger partial charge in [-0.25, -0.2) is 9.78 Å². The molecule has 0 aliphatic rings. The minimum Gasteiger partial charge on any atom is -0.467 e. The highest BCUT2D eigenvalue weighted by Gasteiger charge is 2.29. The van der Waals surface area contributed by atoms with Gasteiger partial charge in [-0.15, -0.1) is 22.7 Å². The summed E-state index contributed by atoms with van der Waals surface area (Å²) in [6.45, 7) is 3.75. The second kappa shape index (κ2) is 7.33. The molecule has 7 heteroatoms. The molecule has 0 N–H and O–H groups in total. The van der Waals surface area contributed by atoms with Gasteiger partial charge >= 0.3 is 5.97 Å². The zero-order valence-electron chi connectivity index (χ0n) is 15.6. The van der Waals surface area contributed by atoms with E-state index < -0.39 is 12.0 Å².